The molecule has 7 nitrogen and oxygen atoms in total. The van der Waals surface area contributed by atoms with Gasteiger partial charge in [-0.1, -0.05) is 6.07 Å². The number of methoxy groups -OCH3 is 1. The Kier molecular flexibility index (Phi) is 6.69. The number of pyridine rings is 1. The molecule has 174 valence electrons. The van der Waals surface area contributed by atoms with E-state index in [1.54, 1.807) is 0 Å². The van der Waals surface area contributed by atoms with Gasteiger partial charge in [-0.05, 0) is 36.8 Å². The first-order valence-corrected chi connectivity index (χ1v) is 9.73. The highest BCUT2D eigenvalue weighted by Gasteiger charge is 2.57. The maximum atomic E-state index is 15.4. The van der Waals surface area contributed by atoms with Crippen molar-refractivity contribution < 1.29 is 31.8 Å². The van der Waals surface area contributed by atoms with Crippen molar-refractivity contribution in [2.75, 3.05) is 13.7 Å². The molecule has 0 amide bonds. The summed E-state index contributed by atoms with van der Waals surface area (Å²) in [7, 11) is 1.02. The molecular weight excluding hydrogens is 444 g/mol. The number of hydrogen-bond donors (Lipinski definition) is 1. The number of nitrogens with zero attached hydrogens (tertiary/aromatic N) is 3. The highest BCUT2D eigenvalue weighted by Crippen LogP contribution is 2.42. The highest BCUT2D eigenvalue weighted by atomic mass is 19.3. The first-order valence-electron chi connectivity index (χ1n) is 9.73. The molecule has 11 heteroatoms. The molecule has 3 atom stereocenters. The van der Waals surface area contributed by atoms with Crippen LogP contribution in [-0.2, 0) is 21.4 Å². The number of halogens is 4. The van der Waals surface area contributed by atoms with Gasteiger partial charge in [0.25, 0.3) is 6.02 Å². The summed E-state index contributed by atoms with van der Waals surface area (Å²) >= 11 is 0. The van der Waals surface area contributed by atoms with Gasteiger partial charge in [-0.3, -0.25) is 9.78 Å². The number of ether oxygens (including phenoxy) is 2. The van der Waals surface area contributed by atoms with Crippen LogP contribution < -0.4 is 5.73 Å². The third-order valence-corrected chi connectivity index (χ3v) is 5.27. The van der Waals surface area contributed by atoms with Crippen molar-refractivity contribution in [2.24, 2.45) is 10.7 Å². The molecular formula is C22H20F4N4O3. The predicted octanol–water partition coefficient (Wildman–Crippen LogP) is 3.07. The minimum atomic E-state index is -3.78. The van der Waals surface area contributed by atoms with E-state index < -0.39 is 48.0 Å². The number of rotatable bonds is 7. The van der Waals surface area contributed by atoms with E-state index in [1.807, 2.05) is 6.07 Å². The minimum Gasteiger partial charge on any atom is -0.452 e. The van der Waals surface area contributed by atoms with Crippen LogP contribution in [-0.4, -0.2) is 48.7 Å². The van der Waals surface area contributed by atoms with E-state index >= 15 is 4.39 Å². The third-order valence-electron chi connectivity index (χ3n) is 5.27. The average molecular weight is 464 g/mol. The second-order valence-electron chi connectivity index (χ2n) is 7.69. The number of carbonyl (C=O) groups excluding carboxylic acids is 1. The largest absolute Gasteiger partial charge is 0.452 e. The molecule has 0 aliphatic carbocycles. The molecule has 0 unspecified atom stereocenters. The monoisotopic (exact) mass is 464 g/mol. The van der Waals surface area contributed by atoms with E-state index in [0.717, 1.165) is 20.1 Å². The van der Waals surface area contributed by atoms with Gasteiger partial charge in [0.1, 0.15) is 29.7 Å². The summed E-state index contributed by atoms with van der Waals surface area (Å²) in [6.07, 6.45) is -3.86. The van der Waals surface area contributed by atoms with Crippen LogP contribution in [0.5, 0.6) is 0 Å². The first-order chi connectivity index (χ1) is 15.5. The normalized spacial score (nSPS) is 22.8. The van der Waals surface area contributed by atoms with Crippen LogP contribution in [0.4, 0.5) is 17.6 Å². The molecule has 0 spiro atoms. The summed E-state index contributed by atoms with van der Waals surface area (Å²) in [6, 6.07) is 7.42. The number of benzene rings is 1. The SMILES string of the molecule is COCC(F)(F)[C@H]1OC(N)=N[C@](C)(c2cc(CC(=O)c3ccc(C#N)cn3)ccc2F)[C@H]1F. The fraction of sp³-hybridized carbons (Fsp3) is 0.364. The van der Waals surface area contributed by atoms with E-state index in [0.29, 0.717) is 0 Å². The fourth-order valence-corrected chi connectivity index (χ4v) is 3.56. The van der Waals surface area contributed by atoms with Gasteiger partial charge in [0.05, 0.1) is 5.56 Å². The third kappa shape index (κ3) is 4.80. The van der Waals surface area contributed by atoms with E-state index in [-0.39, 0.29) is 28.8 Å². The maximum absolute atomic E-state index is 15.4. The molecule has 1 aromatic heterocycles. The van der Waals surface area contributed by atoms with Crippen LogP contribution in [0.25, 0.3) is 0 Å². The Balaban J connectivity index is 1.95. The summed E-state index contributed by atoms with van der Waals surface area (Å²) in [6.45, 7) is -0.0226. The topological polar surface area (TPSA) is 111 Å². The highest BCUT2D eigenvalue weighted by molar-refractivity contribution is 5.95. The molecule has 1 aliphatic rings. The molecule has 0 saturated heterocycles. The van der Waals surface area contributed by atoms with E-state index in [9.17, 15) is 18.0 Å². The van der Waals surface area contributed by atoms with Crippen LogP contribution in [0.2, 0.25) is 0 Å². The summed E-state index contributed by atoms with van der Waals surface area (Å²) < 4.78 is 68.2. The van der Waals surface area contributed by atoms with Gasteiger partial charge in [-0.25, -0.2) is 13.8 Å². The molecule has 33 heavy (non-hydrogen) atoms. The lowest BCUT2D eigenvalue weighted by atomic mass is 9.81. The van der Waals surface area contributed by atoms with Crippen LogP contribution in [0.3, 0.4) is 0 Å². The Morgan fingerprint density at radius 2 is 2.09 bits per heavy atom. The average Bonchev–Trinajstić information content (AvgIpc) is 2.77. The number of Topliss-reactive ketones (excluding diaryl/α,β-unsaturated/α-hetero) is 1. The van der Waals surface area contributed by atoms with Crippen molar-refractivity contribution in [3.8, 4) is 6.07 Å². The van der Waals surface area contributed by atoms with Gasteiger partial charge in [-0.2, -0.15) is 14.0 Å². The molecule has 0 bridgehead atoms. The number of carbonyl (C=O) groups is 1. The van der Waals surface area contributed by atoms with Crippen molar-refractivity contribution in [1.82, 2.24) is 4.98 Å². The van der Waals surface area contributed by atoms with Crippen molar-refractivity contribution in [1.29, 1.82) is 5.26 Å². The smallest absolute Gasteiger partial charge is 0.309 e. The Morgan fingerprint density at radius 3 is 2.70 bits per heavy atom. The summed E-state index contributed by atoms with van der Waals surface area (Å²) in [4.78, 5) is 20.3. The van der Waals surface area contributed by atoms with E-state index in [2.05, 4.69) is 14.7 Å². The lowest BCUT2D eigenvalue weighted by Crippen LogP contribution is -2.57. The Hall–Kier alpha value is -3.52. The van der Waals surface area contributed by atoms with Gasteiger partial charge in [0, 0.05) is 25.3 Å². The molecule has 0 radical (unpaired) electrons. The number of aromatic nitrogens is 1. The number of aliphatic imine (C=N–C) groups is 1. The zero-order valence-electron chi connectivity index (χ0n) is 17.7. The summed E-state index contributed by atoms with van der Waals surface area (Å²) in [5.74, 6) is -5.14. The maximum Gasteiger partial charge on any atom is 0.309 e. The zero-order valence-corrected chi connectivity index (χ0v) is 17.7. The number of amidine groups is 1. The van der Waals surface area contributed by atoms with Gasteiger partial charge >= 0.3 is 5.92 Å². The van der Waals surface area contributed by atoms with Gasteiger partial charge in [0.15, 0.2) is 12.0 Å². The van der Waals surface area contributed by atoms with Crippen molar-refractivity contribution in [3.63, 3.8) is 0 Å². The second kappa shape index (κ2) is 9.15. The van der Waals surface area contributed by atoms with Crippen molar-refractivity contribution in [3.05, 3.63) is 64.7 Å². The molecule has 2 heterocycles. The predicted molar refractivity (Wildman–Crippen MR) is 109 cm³/mol. The number of hydrogen-bond acceptors (Lipinski definition) is 7. The van der Waals surface area contributed by atoms with E-state index in [1.165, 1.54) is 30.5 Å². The Morgan fingerprint density at radius 1 is 1.36 bits per heavy atom. The number of alkyl halides is 3. The van der Waals surface area contributed by atoms with Crippen LogP contribution in [0, 0.1) is 17.1 Å². The summed E-state index contributed by atoms with van der Waals surface area (Å²) in [5.41, 5.74) is 3.64. The summed E-state index contributed by atoms with van der Waals surface area (Å²) in [5, 5.41) is 8.82. The molecule has 0 saturated carbocycles. The lowest BCUT2D eigenvalue weighted by Gasteiger charge is -2.41. The van der Waals surface area contributed by atoms with Crippen molar-refractivity contribution in [2.45, 2.75) is 37.1 Å². The lowest BCUT2D eigenvalue weighted by molar-refractivity contribution is -0.174. The van der Waals surface area contributed by atoms with Crippen LogP contribution >= 0.6 is 0 Å². The Bertz CT molecular complexity index is 1120. The molecule has 2 N–H and O–H groups in total. The molecule has 0 fully saturated rings. The van der Waals surface area contributed by atoms with Crippen LogP contribution in [0.1, 0.15) is 34.1 Å². The van der Waals surface area contributed by atoms with Crippen LogP contribution in [0.15, 0.2) is 41.5 Å². The fourth-order valence-electron chi connectivity index (χ4n) is 3.56. The molecule has 2 aromatic rings. The second-order valence-corrected chi connectivity index (χ2v) is 7.69. The molecule has 1 aromatic carbocycles. The van der Waals surface area contributed by atoms with Gasteiger partial charge in [-0.15, -0.1) is 0 Å². The Labute approximate surface area is 186 Å². The molecule has 1 aliphatic heterocycles. The quantitative estimate of drug-likeness (QED) is 0.498. The van der Waals surface area contributed by atoms with E-state index in [4.69, 9.17) is 15.7 Å². The zero-order chi connectivity index (χ0) is 24.4. The number of nitrogens with two attached hydrogens (primary N) is 1. The standard InChI is InChI=1S/C22H20F4N4O3/c1-21(18(24)19(33-20(28)30-21)22(25,26)11-32-2)14-7-12(3-5-15(14)23)8-17(31)16-6-4-13(9-27)10-29-16/h3-7,10,18-19H,8,11H2,1-2H3,(H2,28,30)/t18-,19-,21+/m0/s1. The number of nitriles is 1. The van der Waals surface area contributed by atoms with Crippen molar-refractivity contribution >= 4 is 11.8 Å². The first kappa shape index (κ1) is 24.1. The number of ketones is 1. The van der Waals surface area contributed by atoms with Gasteiger partial charge in [0.2, 0.25) is 6.10 Å². The minimum absolute atomic E-state index is 0.0714. The molecule has 3 rings (SSSR count). The van der Waals surface area contributed by atoms with Gasteiger partial charge < -0.3 is 15.2 Å².